The number of alkyl halides is 6. The summed E-state index contributed by atoms with van der Waals surface area (Å²) in [6.07, 6.45) is -13.4. The molecule has 0 heterocycles. The fourth-order valence-electron chi connectivity index (χ4n) is 1.38. The second kappa shape index (κ2) is 6.11. The molecule has 1 aromatic rings. The number of carbonyl (C=O) groups is 1. The Morgan fingerprint density at radius 3 is 1.62 bits per heavy atom. The Labute approximate surface area is 125 Å². The first-order chi connectivity index (χ1) is 10.6. The van der Waals surface area contributed by atoms with Gasteiger partial charge in [0.25, 0.3) is 0 Å². The van der Waals surface area contributed by atoms with E-state index in [2.05, 4.69) is 4.74 Å². The van der Waals surface area contributed by atoms with Crippen molar-refractivity contribution in [3.8, 4) is 0 Å². The van der Waals surface area contributed by atoms with Crippen molar-refractivity contribution in [3.05, 3.63) is 34.9 Å². The van der Waals surface area contributed by atoms with E-state index in [-0.39, 0.29) is 6.07 Å². The maximum Gasteiger partial charge on any atom is 0.399 e. The Kier molecular flexibility index (Phi) is 5.09. The van der Waals surface area contributed by atoms with Crippen LogP contribution in [0.25, 0.3) is 0 Å². The van der Waals surface area contributed by atoms with Gasteiger partial charge in [0, 0.05) is 6.07 Å². The van der Waals surface area contributed by atoms with Gasteiger partial charge < -0.3 is 9.84 Å². The number of hydrogen-bond acceptors (Lipinski definition) is 3. The minimum Gasteiger partial charge on any atom is -0.828 e. The van der Waals surface area contributed by atoms with Crippen molar-refractivity contribution in [2.24, 2.45) is 0 Å². The Morgan fingerprint density at radius 2 is 1.29 bits per heavy atom. The maximum absolute atomic E-state index is 13.2. The summed E-state index contributed by atoms with van der Waals surface area (Å²) < 4.78 is 129. The zero-order valence-corrected chi connectivity index (χ0v) is 10.8. The molecule has 0 atom stereocenters. The summed E-state index contributed by atoms with van der Waals surface area (Å²) in [5, 5.41) is 10.9. The number of halogens is 10. The molecule has 0 spiro atoms. The zero-order valence-electron chi connectivity index (χ0n) is 10.8. The zero-order chi connectivity index (χ0) is 19.1. The quantitative estimate of drug-likeness (QED) is 0.465. The highest BCUT2D eigenvalue weighted by atomic mass is 19.4. The largest absolute Gasteiger partial charge is 0.828 e. The molecule has 0 fully saturated rings. The van der Waals surface area contributed by atoms with Crippen LogP contribution in [0.5, 0.6) is 0 Å². The molecule has 1 rings (SSSR count). The molecule has 0 aliphatic carbocycles. The molecular weight excluding hydrogens is 370 g/mol. The average molecular weight is 373 g/mol. The lowest BCUT2D eigenvalue weighted by Crippen LogP contribution is -2.71. The van der Waals surface area contributed by atoms with Crippen LogP contribution in [-0.4, -0.2) is 23.9 Å². The number of ether oxygens (including phenoxy) is 1. The Morgan fingerprint density at radius 1 is 0.917 bits per heavy atom. The van der Waals surface area contributed by atoms with Crippen LogP contribution >= 0.6 is 0 Å². The third kappa shape index (κ3) is 3.25. The molecule has 0 unspecified atom stereocenters. The lowest BCUT2D eigenvalue weighted by molar-refractivity contribution is -0.574. The van der Waals surface area contributed by atoms with Crippen molar-refractivity contribution in [2.45, 2.75) is 24.6 Å². The number of carbonyl (C=O) groups excluding carboxylic acids is 1. The van der Waals surface area contributed by atoms with Gasteiger partial charge in [-0.05, 0) is 0 Å². The first kappa shape index (κ1) is 20.0. The standard InChI is InChI=1S/C11H3F10O3/c12-4-1-5(13)7(15)3(6(4)14)2-24-8(22)9(23,10(16,17)18)11(19,20)21/h1H,2H2/q-1. The van der Waals surface area contributed by atoms with Crippen LogP contribution in [0.3, 0.4) is 0 Å². The van der Waals surface area contributed by atoms with Gasteiger partial charge in [0.15, 0.2) is 28.9 Å². The molecule has 0 N–H and O–H groups in total. The predicted molar refractivity (Wildman–Crippen MR) is 50.9 cm³/mol. The fraction of sp³-hybridized carbons (Fsp3) is 0.364. The lowest BCUT2D eigenvalue weighted by Gasteiger charge is -2.40. The van der Waals surface area contributed by atoms with Gasteiger partial charge in [-0.3, -0.25) is 4.79 Å². The van der Waals surface area contributed by atoms with Crippen LogP contribution in [0.1, 0.15) is 5.56 Å². The summed E-state index contributed by atoms with van der Waals surface area (Å²) in [5.41, 5.74) is -8.06. The Bertz CT molecular complexity index is 609. The molecule has 136 valence electrons. The SMILES string of the molecule is O=C(OCc1c(F)c(F)cc(F)c1F)C([O-])(C(F)(F)F)C(F)(F)F. The monoisotopic (exact) mass is 373 g/mol. The summed E-state index contributed by atoms with van der Waals surface area (Å²) in [6, 6.07) is -0.306. The Hall–Kier alpha value is -2.05. The predicted octanol–water partition coefficient (Wildman–Crippen LogP) is 2.51. The van der Waals surface area contributed by atoms with Crippen molar-refractivity contribution in [1.82, 2.24) is 0 Å². The molecule has 0 saturated carbocycles. The number of hydrogen-bond donors (Lipinski definition) is 0. The topological polar surface area (TPSA) is 49.4 Å². The van der Waals surface area contributed by atoms with Gasteiger partial charge in [0.1, 0.15) is 6.61 Å². The van der Waals surface area contributed by atoms with Crippen molar-refractivity contribution in [3.63, 3.8) is 0 Å². The van der Waals surface area contributed by atoms with Crippen molar-refractivity contribution in [1.29, 1.82) is 0 Å². The maximum atomic E-state index is 13.2. The summed E-state index contributed by atoms with van der Waals surface area (Å²) in [5.74, 6) is -12.1. The molecule has 0 radical (unpaired) electrons. The van der Waals surface area contributed by atoms with Crippen molar-refractivity contribution in [2.75, 3.05) is 0 Å². The van der Waals surface area contributed by atoms with Crippen LogP contribution in [0.4, 0.5) is 43.9 Å². The lowest BCUT2D eigenvalue weighted by atomic mass is 10.0. The normalized spacial score (nSPS) is 13.1. The minimum atomic E-state index is -6.70. The number of esters is 1. The molecule has 0 saturated heterocycles. The average Bonchev–Trinajstić information content (AvgIpc) is 2.41. The van der Waals surface area contributed by atoms with E-state index in [1.165, 1.54) is 0 Å². The van der Waals surface area contributed by atoms with E-state index in [0.29, 0.717) is 0 Å². The van der Waals surface area contributed by atoms with E-state index >= 15 is 0 Å². The van der Waals surface area contributed by atoms with Gasteiger partial charge in [-0.1, -0.05) is 0 Å². The van der Waals surface area contributed by atoms with E-state index in [1.54, 1.807) is 0 Å². The van der Waals surface area contributed by atoms with Gasteiger partial charge in [-0.2, -0.15) is 26.3 Å². The fourth-order valence-corrected chi connectivity index (χ4v) is 1.38. The number of rotatable bonds is 3. The first-order valence-corrected chi connectivity index (χ1v) is 5.47. The van der Waals surface area contributed by atoms with Crippen LogP contribution in [0.2, 0.25) is 0 Å². The second-order valence-corrected chi connectivity index (χ2v) is 4.20. The molecule has 24 heavy (non-hydrogen) atoms. The van der Waals surface area contributed by atoms with Gasteiger partial charge in [0.2, 0.25) is 0 Å². The summed E-state index contributed by atoms with van der Waals surface area (Å²) in [6.45, 7) is -2.08. The third-order valence-electron chi connectivity index (χ3n) is 2.64. The smallest absolute Gasteiger partial charge is 0.399 e. The summed E-state index contributed by atoms with van der Waals surface area (Å²) in [7, 11) is 0. The minimum absolute atomic E-state index is 0.306. The molecular formula is C11H3F10O3-. The van der Waals surface area contributed by atoms with Crippen LogP contribution < -0.4 is 5.11 Å². The van der Waals surface area contributed by atoms with Crippen molar-refractivity contribution >= 4 is 5.97 Å². The highest BCUT2D eigenvalue weighted by Crippen LogP contribution is 2.41. The van der Waals surface area contributed by atoms with Gasteiger partial charge in [-0.15, -0.1) is 0 Å². The second-order valence-electron chi connectivity index (χ2n) is 4.20. The van der Waals surface area contributed by atoms with Gasteiger partial charge in [-0.25, -0.2) is 17.6 Å². The van der Waals surface area contributed by atoms with E-state index in [1.807, 2.05) is 0 Å². The molecule has 3 nitrogen and oxygen atoms in total. The third-order valence-corrected chi connectivity index (χ3v) is 2.64. The summed E-state index contributed by atoms with van der Waals surface area (Å²) in [4.78, 5) is 10.9. The van der Waals surface area contributed by atoms with E-state index in [9.17, 15) is 53.8 Å². The van der Waals surface area contributed by atoms with E-state index in [4.69, 9.17) is 0 Å². The van der Waals surface area contributed by atoms with E-state index < -0.39 is 59.4 Å². The highest BCUT2D eigenvalue weighted by Gasteiger charge is 2.68. The van der Waals surface area contributed by atoms with E-state index in [0.717, 1.165) is 0 Å². The molecule has 0 amide bonds. The van der Waals surface area contributed by atoms with Gasteiger partial charge >= 0.3 is 18.3 Å². The molecule has 13 heteroatoms. The molecule has 0 bridgehead atoms. The Balaban J connectivity index is 3.18. The molecule has 0 aliphatic rings. The highest BCUT2D eigenvalue weighted by molar-refractivity contribution is 5.81. The molecule has 0 aliphatic heterocycles. The van der Waals surface area contributed by atoms with Crippen LogP contribution in [0.15, 0.2) is 6.07 Å². The van der Waals surface area contributed by atoms with Crippen LogP contribution in [0, 0.1) is 23.3 Å². The molecule has 1 aromatic carbocycles. The number of benzene rings is 1. The van der Waals surface area contributed by atoms with Gasteiger partial charge in [0.05, 0.1) is 5.56 Å². The first-order valence-electron chi connectivity index (χ1n) is 5.47. The molecule has 0 aromatic heterocycles. The van der Waals surface area contributed by atoms with Crippen molar-refractivity contribution < 1.29 is 58.5 Å². The van der Waals surface area contributed by atoms with Crippen LogP contribution in [-0.2, 0) is 16.1 Å². The summed E-state index contributed by atoms with van der Waals surface area (Å²) >= 11 is 0.